The molecule has 2 heterocycles. The summed E-state index contributed by atoms with van der Waals surface area (Å²) < 4.78 is 29.6. The Labute approximate surface area is 192 Å². The zero-order chi connectivity index (χ0) is 22.9. The molecule has 0 unspecified atom stereocenters. The number of amides is 1. The highest BCUT2D eigenvalue weighted by Crippen LogP contribution is 2.28. The number of rotatable bonds is 6. The molecule has 0 bridgehead atoms. The number of aromatic nitrogens is 3. The van der Waals surface area contributed by atoms with Crippen molar-refractivity contribution in [3.63, 3.8) is 0 Å². The molecule has 1 atom stereocenters. The fourth-order valence-corrected chi connectivity index (χ4v) is 5.56. The number of halogens is 1. The lowest BCUT2D eigenvalue weighted by molar-refractivity contribution is -0.120. The first kappa shape index (κ1) is 22.7. The number of piperidine rings is 1. The maximum absolute atomic E-state index is 13.2. The van der Waals surface area contributed by atoms with Gasteiger partial charge in [-0.05, 0) is 56.5 Å². The maximum atomic E-state index is 13.2. The minimum atomic E-state index is -3.68. The number of para-hydroxylation sites is 1. The van der Waals surface area contributed by atoms with E-state index < -0.39 is 10.0 Å². The van der Waals surface area contributed by atoms with Crippen LogP contribution in [0.15, 0.2) is 47.4 Å². The number of hydrogen-bond donors (Lipinski definition) is 1. The molecule has 1 amide bonds. The molecule has 0 saturated carbocycles. The lowest BCUT2D eigenvalue weighted by Gasteiger charge is -2.30. The van der Waals surface area contributed by atoms with Gasteiger partial charge in [0.2, 0.25) is 15.9 Å². The van der Waals surface area contributed by atoms with Crippen molar-refractivity contribution >= 4 is 44.3 Å². The first-order chi connectivity index (χ1) is 15.3. The van der Waals surface area contributed by atoms with Crippen molar-refractivity contribution < 1.29 is 13.2 Å². The third-order valence-corrected chi connectivity index (χ3v) is 8.27. The van der Waals surface area contributed by atoms with Crippen molar-refractivity contribution in [2.75, 3.05) is 18.4 Å². The molecular weight excluding hydrogens is 450 g/mol. The highest BCUT2D eigenvalue weighted by Gasteiger charge is 2.32. The Kier molecular flexibility index (Phi) is 6.50. The van der Waals surface area contributed by atoms with Crippen molar-refractivity contribution in [3.05, 3.63) is 47.5 Å². The molecule has 1 N–H and O–H groups in total. The second-order valence-electron chi connectivity index (χ2n) is 8.09. The van der Waals surface area contributed by atoms with Crippen LogP contribution in [0.1, 0.15) is 39.2 Å². The molecule has 4 rings (SSSR count). The van der Waals surface area contributed by atoms with Gasteiger partial charge in [0, 0.05) is 19.0 Å². The summed E-state index contributed by atoms with van der Waals surface area (Å²) >= 11 is 6.11. The summed E-state index contributed by atoms with van der Waals surface area (Å²) in [6.07, 6.45) is 1.79. The lowest BCUT2D eigenvalue weighted by Crippen LogP contribution is -2.41. The Morgan fingerprint density at radius 2 is 1.94 bits per heavy atom. The van der Waals surface area contributed by atoms with Gasteiger partial charge < -0.3 is 5.32 Å². The molecule has 2 aromatic carbocycles. The summed E-state index contributed by atoms with van der Waals surface area (Å²) in [4.78, 5) is 12.8. The van der Waals surface area contributed by atoms with Gasteiger partial charge in [-0.15, -0.1) is 5.10 Å². The van der Waals surface area contributed by atoms with E-state index in [1.54, 1.807) is 42.5 Å². The van der Waals surface area contributed by atoms with Crippen LogP contribution in [-0.2, 0) is 14.8 Å². The first-order valence-electron chi connectivity index (χ1n) is 10.7. The van der Waals surface area contributed by atoms with Gasteiger partial charge in [-0.1, -0.05) is 35.9 Å². The molecule has 0 spiro atoms. The normalized spacial score (nSPS) is 16.8. The Balaban J connectivity index is 1.44. The van der Waals surface area contributed by atoms with Crippen LogP contribution in [-0.4, -0.2) is 46.7 Å². The van der Waals surface area contributed by atoms with Crippen molar-refractivity contribution in [2.45, 2.75) is 44.0 Å². The van der Waals surface area contributed by atoms with E-state index in [4.69, 9.17) is 11.6 Å². The van der Waals surface area contributed by atoms with Crippen LogP contribution < -0.4 is 5.32 Å². The molecule has 1 aliphatic heterocycles. The van der Waals surface area contributed by atoms with Gasteiger partial charge in [-0.3, -0.25) is 4.79 Å². The quantitative estimate of drug-likeness (QED) is 0.579. The number of sulfonamides is 1. The Bertz CT molecular complexity index is 1240. The molecule has 1 aromatic heterocycles. The summed E-state index contributed by atoms with van der Waals surface area (Å²) in [5, 5.41) is 11.7. The lowest BCUT2D eigenvalue weighted by atomic mass is 9.97. The van der Waals surface area contributed by atoms with E-state index in [1.165, 1.54) is 4.31 Å². The first-order valence-corrected chi connectivity index (χ1v) is 12.5. The van der Waals surface area contributed by atoms with Gasteiger partial charge in [-0.2, -0.15) is 4.31 Å². The zero-order valence-electron chi connectivity index (χ0n) is 18.0. The highest BCUT2D eigenvalue weighted by atomic mass is 35.5. The molecule has 170 valence electrons. The average molecular weight is 476 g/mol. The van der Waals surface area contributed by atoms with E-state index in [1.807, 2.05) is 11.6 Å². The minimum Gasteiger partial charge on any atom is -0.325 e. The van der Waals surface area contributed by atoms with Crippen LogP contribution >= 0.6 is 11.6 Å². The molecule has 1 aliphatic rings. The van der Waals surface area contributed by atoms with Gasteiger partial charge in [-0.25, -0.2) is 13.1 Å². The van der Waals surface area contributed by atoms with Crippen LogP contribution in [0, 0.1) is 5.92 Å². The Morgan fingerprint density at radius 1 is 1.22 bits per heavy atom. The molecule has 32 heavy (non-hydrogen) atoms. The number of carbonyl (C=O) groups excluding carboxylic acids is 1. The van der Waals surface area contributed by atoms with E-state index in [2.05, 4.69) is 22.6 Å². The largest absolute Gasteiger partial charge is 0.325 e. The summed E-state index contributed by atoms with van der Waals surface area (Å²) in [6.45, 7) is 4.67. The second-order valence-corrected chi connectivity index (χ2v) is 10.4. The number of nitrogens with zero attached hydrogens (tertiary/aromatic N) is 4. The van der Waals surface area contributed by atoms with Gasteiger partial charge in [0.05, 0.1) is 27.2 Å². The van der Waals surface area contributed by atoms with Crippen LogP contribution in [0.5, 0.6) is 0 Å². The number of carbonyl (C=O) groups is 1. The average Bonchev–Trinajstić information content (AvgIpc) is 3.23. The number of nitrogens with one attached hydrogen (secondary N) is 1. The van der Waals surface area contributed by atoms with E-state index >= 15 is 0 Å². The van der Waals surface area contributed by atoms with Gasteiger partial charge >= 0.3 is 0 Å². The third-order valence-electron chi connectivity index (χ3n) is 6.05. The van der Waals surface area contributed by atoms with Gasteiger partial charge in [0.15, 0.2) is 0 Å². The second kappa shape index (κ2) is 9.17. The number of anilines is 1. The summed E-state index contributed by atoms with van der Waals surface area (Å²) in [5.41, 5.74) is 1.93. The van der Waals surface area contributed by atoms with Crippen molar-refractivity contribution in [2.24, 2.45) is 5.92 Å². The summed E-state index contributed by atoms with van der Waals surface area (Å²) in [5.74, 6) is -0.408. The molecule has 0 radical (unpaired) electrons. The zero-order valence-corrected chi connectivity index (χ0v) is 19.6. The van der Waals surface area contributed by atoms with Crippen molar-refractivity contribution in [1.82, 2.24) is 19.3 Å². The van der Waals surface area contributed by atoms with Crippen LogP contribution in [0.3, 0.4) is 0 Å². The van der Waals surface area contributed by atoms with E-state index in [0.29, 0.717) is 29.1 Å². The van der Waals surface area contributed by atoms with E-state index in [9.17, 15) is 13.2 Å². The Hall–Kier alpha value is -2.49. The molecule has 3 aromatic rings. The Morgan fingerprint density at radius 3 is 2.62 bits per heavy atom. The standard InChI is InChI=1S/C22H26ClN5O3S/c1-3-15(2)28-21-9-8-17(14-20(21)25-26-28)32(30,31)27-12-10-16(11-13-27)22(29)24-19-7-5-4-6-18(19)23/h4-9,14-16H,3,10-13H2,1-2H3,(H,24,29)/t15-/m0/s1. The van der Waals surface area contributed by atoms with Crippen LogP contribution in [0.4, 0.5) is 5.69 Å². The van der Waals surface area contributed by atoms with E-state index in [-0.39, 0.29) is 35.9 Å². The fraction of sp³-hybridized carbons (Fsp3) is 0.409. The summed E-state index contributed by atoms with van der Waals surface area (Å²) in [7, 11) is -3.68. The number of fused-ring (bicyclic) bond motifs is 1. The molecule has 0 aliphatic carbocycles. The molecule has 10 heteroatoms. The predicted octanol–water partition coefficient (Wildman–Crippen LogP) is 4.10. The third kappa shape index (κ3) is 4.37. The number of hydrogen-bond acceptors (Lipinski definition) is 5. The van der Waals surface area contributed by atoms with E-state index in [0.717, 1.165) is 11.9 Å². The molecule has 8 nitrogen and oxygen atoms in total. The van der Waals surface area contributed by atoms with Crippen molar-refractivity contribution in [3.8, 4) is 0 Å². The van der Waals surface area contributed by atoms with Gasteiger partial charge in [0.1, 0.15) is 5.52 Å². The SMILES string of the molecule is CC[C@H](C)n1nnc2cc(S(=O)(=O)N3CCC(C(=O)Nc4ccccc4Cl)CC3)ccc21. The molecule has 1 saturated heterocycles. The van der Waals surface area contributed by atoms with Crippen LogP contribution in [0.2, 0.25) is 5.02 Å². The van der Waals surface area contributed by atoms with Crippen LogP contribution in [0.25, 0.3) is 11.0 Å². The highest BCUT2D eigenvalue weighted by molar-refractivity contribution is 7.89. The fourth-order valence-electron chi connectivity index (χ4n) is 3.89. The van der Waals surface area contributed by atoms with Crippen molar-refractivity contribution in [1.29, 1.82) is 0 Å². The monoisotopic (exact) mass is 475 g/mol. The van der Waals surface area contributed by atoms with Gasteiger partial charge in [0.25, 0.3) is 0 Å². The molecular formula is C22H26ClN5O3S. The minimum absolute atomic E-state index is 0.141. The topological polar surface area (TPSA) is 97.2 Å². The molecule has 1 fully saturated rings. The maximum Gasteiger partial charge on any atom is 0.243 e. The predicted molar refractivity (Wildman–Crippen MR) is 124 cm³/mol. The number of benzene rings is 2. The smallest absolute Gasteiger partial charge is 0.243 e. The summed E-state index contributed by atoms with van der Waals surface area (Å²) in [6, 6.07) is 12.2.